The van der Waals surface area contributed by atoms with E-state index in [4.69, 9.17) is 6.57 Å². The van der Waals surface area contributed by atoms with E-state index in [-0.39, 0.29) is 0 Å². The van der Waals surface area contributed by atoms with Crippen LogP contribution in [-0.4, -0.2) is 18.3 Å². The second kappa shape index (κ2) is 16.1. The Morgan fingerprint density at radius 2 is 0.568 bits per heavy atom. The zero-order valence-corrected chi connectivity index (χ0v) is 39.8. The van der Waals surface area contributed by atoms with E-state index >= 15 is 0 Å². The maximum Gasteiger partial charge on any atom is 0.189 e. The van der Waals surface area contributed by atoms with Crippen molar-refractivity contribution in [1.82, 2.24) is 18.3 Å². The fraction of sp³-hybridized carbons (Fsp3) is 0. The lowest BCUT2D eigenvalue weighted by atomic mass is 9.87. The zero-order valence-electron chi connectivity index (χ0n) is 39.8. The molecule has 342 valence electrons. The first-order valence-electron chi connectivity index (χ1n) is 24.9. The predicted octanol–water partition coefficient (Wildman–Crippen LogP) is 17.8. The fourth-order valence-corrected chi connectivity index (χ4v) is 12.3. The largest absolute Gasteiger partial charge is 0.306 e. The lowest BCUT2D eigenvalue weighted by Crippen LogP contribution is -2.16. The normalized spacial score (nSPS) is 11.8. The Hall–Kier alpha value is -10.4. The van der Waals surface area contributed by atoms with Crippen LogP contribution in [0.1, 0.15) is 5.56 Å². The second-order valence-electron chi connectivity index (χ2n) is 19.0. The number of nitriles is 1. The first kappa shape index (κ1) is 41.4. The van der Waals surface area contributed by atoms with Gasteiger partial charge in [0.15, 0.2) is 5.69 Å². The molecule has 0 saturated carbocycles. The zero-order chi connectivity index (χ0) is 49.0. The van der Waals surface area contributed by atoms with Crippen LogP contribution in [0.25, 0.3) is 137 Å². The minimum absolute atomic E-state index is 0.384. The van der Waals surface area contributed by atoms with Crippen LogP contribution in [0, 0.1) is 17.9 Å². The number of para-hydroxylation sites is 8. The first-order valence-corrected chi connectivity index (χ1v) is 24.9. The van der Waals surface area contributed by atoms with Gasteiger partial charge in [-0.3, -0.25) is 0 Å². The average Bonchev–Trinajstić information content (AvgIpc) is 4.22. The molecule has 0 bridgehead atoms. The molecule has 74 heavy (non-hydrogen) atoms. The van der Waals surface area contributed by atoms with Gasteiger partial charge in [-0.1, -0.05) is 176 Å². The molecule has 0 amide bonds. The van der Waals surface area contributed by atoms with Gasteiger partial charge in [0.1, 0.15) is 0 Å². The van der Waals surface area contributed by atoms with E-state index in [1.54, 1.807) is 6.07 Å². The van der Waals surface area contributed by atoms with Crippen LogP contribution in [0.2, 0.25) is 0 Å². The summed E-state index contributed by atoms with van der Waals surface area (Å²) in [6, 6.07) is 88.9. The van der Waals surface area contributed by atoms with E-state index in [0.717, 1.165) is 132 Å². The summed E-state index contributed by atoms with van der Waals surface area (Å²) in [7, 11) is 0. The van der Waals surface area contributed by atoms with Crippen molar-refractivity contribution < 1.29 is 0 Å². The molecule has 0 aliphatic rings. The van der Waals surface area contributed by atoms with Crippen molar-refractivity contribution in [1.29, 1.82) is 5.26 Å². The van der Waals surface area contributed by atoms with Gasteiger partial charge in [-0.15, -0.1) is 0 Å². The highest BCUT2D eigenvalue weighted by atomic mass is 15.1. The molecule has 4 heterocycles. The Bertz CT molecular complexity index is 4680. The summed E-state index contributed by atoms with van der Waals surface area (Å²) >= 11 is 0. The molecule has 0 aliphatic carbocycles. The van der Waals surface area contributed by atoms with E-state index in [9.17, 15) is 5.26 Å². The number of hydrogen-bond donors (Lipinski definition) is 0. The standard InChI is InChI=1S/C68H40N6/c1-70-46-40-43(42-69)39-45(41-46)64-63(44-21-3-2-4-22-44)65(71-55-31-13-5-23-47(55)48-24-6-14-32-56(48)71)67(73-59-35-17-9-27-51(59)52-28-10-18-36-60(52)73)68(74-61-37-19-11-29-53(61)54-30-12-20-38-62(54)74)66(64)72-57-33-15-7-25-49(57)50-26-8-16-34-58(50)72/h2-41H. The van der Waals surface area contributed by atoms with Crippen LogP contribution in [0.4, 0.5) is 5.69 Å². The summed E-state index contributed by atoms with van der Waals surface area (Å²) in [4.78, 5) is 4.07. The van der Waals surface area contributed by atoms with Crippen LogP contribution in [0.15, 0.2) is 243 Å². The number of rotatable bonds is 6. The number of nitrogens with zero attached hydrogens (tertiary/aromatic N) is 6. The Labute approximate surface area is 425 Å². The van der Waals surface area contributed by atoms with E-state index in [1.807, 2.05) is 12.1 Å². The molecule has 0 unspecified atom stereocenters. The number of aromatic nitrogens is 4. The van der Waals surface area contributed by atoms with Crippen molar-refractivity contribution in [3.8, 4) is 51.1 Å². The van der Waals surface area contributed by atoms with Crippen LogP contribution < -0.4 is 0 Å². The third-order valence-electron chi connectivity index (χ3n) is 15.1. The van der Waals surface area contributed by atoms with E-state index in [1.165, 1.54) is 0 Å². The van der Waals surface area contributed by atoms with E-state index in [2.05, 4.69) is 254 Å². The van der Waals surface area contributed by atoms with Crippen molar-refractivity contribution >= 4 is 92.9 Å². The lowest BCUT2D eigenvalue weighted by molar-refractivity contribution is 1.03. The molecule has 0 atom stereocenters. The smallest absolute Gasteiger partial charge is 0.189 e. The summed E-state index contributed by atoms with van der Waals surface area (Å²) in [6.07, 6.45) is 0. The van der Waals surface area contributed by atoms with Gasteiger partial charge in [0.25, 0.3) is 0 Å². The van der Waals surface area contributed by atoms with Gasteiger partial charge < -0.3 is 18.3 Å². The summed E-state index contributed by atoms with van der Waals surface area (Å²) in [5, 5.41) is 19.9. The molecule has 4 aromatic heterocycles. The van der Waals surface area contributed by atoms with Crippen molar-refractivity contribution in [3.05, 3.63) is 260 Å². The van der Waals surface area contributed by atoms with Gasteiger partial charge in [-0.2, -0.15) is 5.26 Å². The number of fused-ring (bicyclic) bond motifs is 12. The van der Waals surface area contributed by atoms with E-state index in [0.29, 0.717) is 11.3 Å². The SMILES string of the molecule is [C-]#[N+]c1cc(C#N)cc(-c2c(-c3ccccc3)c(-n3c4ccccc4c4ccccc43)c(-n3c4ccccc4c4ccccc43)c(-n3c4ccccc4c4ccccc43)c2-n2c3ccccc3c3ccccc32)c1. The molecular weight excluding hydrogens is 901 g/mol. The molecule has 6 heteroatoms. The molecule has 15 rings (SSSR count). The maximum absolute atomic E-state index is 10.9. The third-order valence-corrected chi connectivity index (χ3v) is 15.1. The van der Waals surface area contributed by atoms with Gasteiger partial charge >= 0.3 is 0 Å². The molecule has 15 aromatic rings. The molecule has 0 aliphatic heterocycles. The summed E-state index contributed by atoms with van der Waals surface area (Å²) in [6.45, 7) is 8.56. The minimum atomic E-state index is 0.384. The van der Waals surface area contributed by atoms with Crippen molar-refractivity contribution in [3.63, 3.8) is 0 Å². The Morgan fingerprint density at radius 3 is 0.865 bits per heavy atom. The third kappa shape index (κ3) is 5.79. The fourth-order valence-electron chi connectivity index (χ4n) is 12.3. The van der Waals surface area contributed by atoms with E-state index < -0.39 is 0 Å². The molecular formula is C68H40N6. The summed E-state index contributed by atoms with van der Waals surface area (Å²) in [5.41, 5.74) is 16.4. The molecule has 6 nitrogen and oxygen atoms in total. The second-order valence-corrected chi connectivity index (χ2v) is 19.0. The molecule has 0 spiro atoms. The lowest BCUT2D eigenvalue weighted by Gasteiger charge is -2.31. The molecule has 11 aromatic carbocycles. The first-order chi connectivity index (χ1) is 36.7. The summed E-state index contributed by atoms with van der Waals surface area (Å²) < 4.78 is 9.98. The van der Waals surface area contributed by atoms with Gasteiger partial charge in [-0.25, -0.2) is 4.85 Å². The van der Waals surface area contributed by atoms with Gasteiger partial charge in [0.05, 0.1) is 79.5 Å². The minimum Gasteiger partial charge on any atom is -0.306 e. The van der Waals surface area contributed by atoms with Crippen LogP contribution in [0.5, 0.6) is 0 Å². The van der Waals surface area contributed by atoms with Crippen LogP contribution in [-0.2, 0) is 0 Å². The Kier molecular flexibility index (Phi) is 8.99. The topological polar surface area (TPSA) is 47.9 Å². The molecule has 0 saturated heterocycles. The molecule has 0 N–H and O–H groups in total. The van der Waals surface area contributed by atoms with Crippen LogP contribution >= 0.6 is 0 Å². The monoisotopic (exact) mass is 940 g/mol. The van der Waals surface area contributed by atoms with Crippen molar-refractivity contribution in [2.75, 3.05) is 0 Å². The highest BCUT2D eigenvalue weighted by Crippen LogP contribution is 2.55. The van der Waals surface area contributed by atoms with Gasteiger partial charge in [0, 0.05) is 59.8 Å². The van der Waals surface area contributed by atoms with Crippen molar-refractivity contribution in [2.24, 2.45) is 0 Å². The quantitative estimate of drug-likeness (QED) is 0.153. The maximum atomic E-state index is 10.9. The van der Waals surface area contributed by atoms with Crippen LogP contribution in [0.3, 0.4) is 0 Å². The van der Waals surface area contributed by atoms with Gasteiger partial charge in [0.2, 0.25) is 0 Å². The Morgan fingerprint density at radius 1 is 0.297 bits per heavy atom. The average molecular weight is 941 g/mol. The number of hydrogen-bond acceptors (Lipinski definition) is 1. The van der Waals surface area contributed by atoms with Crippen molar-refractivity contribution in [2.45, 2.75) is 0 Å². The number of benzene rings is 11. The predicted molar refractivity (Wildman–Crippen MR) is 306 cm³/mol. The highest BCUT2D eigenvalue weighted by Gasteiger charge is 2.35. The Balaban J connectivity index is 1.37. The molecule has 0 radical (unpaired) electrons. The van der Waals surface area contributed by atoms with Gasteiger partial charge in [-0.05, 0) is 77.9 Å². The summed E-state index contributed by atoms with van der Waals surface area (Å²) in [5.74, 6) is 0. The molecule has 0 fully saturated rings. The highest BCUT2D eigenvalue weighted by molar-refractivity contribution is 6.18.